The summed E-state index contributed by atoms with van der Waals surface area (Å²) in [7, 11) is 0. The molecular weight excluding hydrogens is 372 g/mol. The molecule has 0 radical (unpaired) electrons. The average molecular weight is 405 g/mol. The van der Waals surface area contributed by atoms with Gasteiger partial charge in [-0.15, -0.1) is 0 Å². The van der Waals surface area contributed by atoms with Crippen LogP contribution in [-0.4, -0.2) is 60.5 Å². The summed E-state index contributed by atoms with van der Waals surface area (Å²) in [5, 5.41) is 11.7. The van der Waals surface area contributed by atoms with Crippen molar-refractivity contribution in [2.45, 2.75) is 31.7 Å². The van der Waals surface area contributed by atoms with Crippen LogP contribution in [0.4, 0.5) is 0 Å². The molecule has 1 atom stereocenters. The first-order valence-electron chi connectivity index (χ1n) is 11.0. The second-order valence-corrected chi connectivity index (χ2v) is 8.17. The molecule has 4 rings (SSSR count). The van der Waals surface area contributed by atoms with E-state index in [9.17, 15) is 0 Å². The van der Waals surface area contributed by atoms with E-state index >= 15 is 0 Å². The van der Waals surface area contributed by atoms with Gasteiger partial charge < -0.3 is 20.9 Å². The summed E-state index contributed by atoms with van der Waals surface area (Å²) in [4.78, 5) is 8.61. The van der Waals surface area contributed by atoms with Gasteiger partial charge >= 0.3 is 0 Å². The molecule has 30 heavy (non-hydrogen) atoms. The smallest absolute Gasteiger partial charge is 0.193 e. The van der Waals surface area contributed by atoms with Crippen molar-refractivity contribution in [3.63, 3.8) is 0 Å². The van der Waals surface area contributed by atoms with Crippen molar-refractivity contribution in [1.29, 1.82) is 5.41 Å². The molecule has 158 valence electrons. The van der Waals surface area contributed by atoms with E-state index in [1.165, 1.54) is 16.7 Å². The first kappa shape index (κ1) is 20.3. The van der Waals surface area contributed by atoms with Gasteiger partial charge in [0.05, 0.1) is 6.54 Å². The Morgan fingerprint density at radius 1 is 0.933 bits per heavy atom. The number of unbranched alkanes of at least 4 members (excludes halogenated alkanes) is 1. The number of rotatable bonds is 9. The Labute approximate surface area is 179 Å². The largest absolute Gasteiger partial charge is 0.370 e. The van der Waals surface area contributed by atoms with Crippen LogP contribution in [0.5, 0.6) is 0 Å². The molecule has 1 saturated heterocycles. The summed E-state index contributed by atoms with van der Waals surface area (Å²) < 4.78 is 0. The Bertz CT molecular complexity index is 861. The molecule has 0 saturated carbocycles. The van der Waals surface area contributed by atoms with Crippen LogP contribution in [0.3, 0.4) is 0 Å². The first-order valence-corrected chi connectivity index (χ1v) is 11.0. The molecule has 0 bridgehead atoms. The van der Waals surface area contributed by atoms with Gasteiger partial charge in [0.25, 0.3) is 0 Å². The topological polar surface area (TPSA) is 80.7 Å². The second-order valence-electron chi connectivity index (χ2n) is 8.17. The van der Waals surface area contributed by atoms with Crippen LogP contribution >= 0.6 is 0 Å². The number of guanidine groups is 2. The van der Waals surface area contributed by atoms with E-state index in [4.69, 9.17) is 11.1 Å². The molecule has 4 N–H and O–H groups in total. The van der Waals surface area contributed by atoms with Crippen molar-refractivity contribution in [3.05, 3.63) is 60.2 Å². The summed E-state index contributed by atoms with van der Waals surface area (Å²) in [5.74, 6) is 1.26. The SMILES string of the molecule is N=C1N(CCCC[C@H]2CN=C(N)N2)CCN1CCc1ccc(-c2ccccc2)cc1. The fraction of sp³-hybridized carbons (Fsp3) is 0.417. The fourth-order valence-corrected chi connectivity index (χ4v) is 4.21. The molecule has 0 spiro atoms. The minimum absolute atomic E-state index is 0.396. The van der Waals surface area contributed by atoms with Crippen LogP contribution in [-0.2, 0) is 6.42 Å². The highest BCUT2D eigenvalue weighted by atomic mass is 15.4. The molecule has 6 heteroatoms. The van der Waals surface area contributed by atoms with Gasteiger partial charge in [-0.05, 0) is 42.4 Å². The molecule has 0 amide bonds. The zero-order chi connectivity index (χ0) is 20.8. The normalized spacial score (nSPS) is 18.6. The van der Waals surface area contributed by atoms with Crippen LogP contribution < -0.4 is 11.1 Å². The van der Waals surface area contributed by atoms with Crippen LogP contribution in [0, 0.1) is 5.41 Å². The molecule has 0 aliphatic carbocycles. The number of nitrogens with one attached hydrogen (secondary N) is 2. The molecule has 2 aliphatic rings. The van der Waals surface area contributed by atoms with Crippen molar-refractivity contribution >= 4 is 11.9 Å². The summed E-state index contributed by atoms with van der Waals surface area (Å²) in [6, 6.07) is 19.7. The third-order valence-corrected chi connectivity index (χ3v) is 6.04. The third kappa shape index (κ3) is 5.12. The van der Waals surface area contributed by atoms with E-state index < -0.39 is 0 Å². The van der Waals surface area contributed by atoms with Crippen LogP contribution in [0.15, 0.2) is 59.6 Å². The summed E-state index contributed by atoms with van der Waals surface area (Å²) >= 11 is 0. The van der Waals surface area contributed by atoms with Gasteiger partial charge in [-0.2, -0.15) is 0 Å². The molecule has 2 aromatic carbocycles. The molecule has 2 aliphatic heterocycles. The maximum Gasteiger partial charge on any atom is 0.193 e. The van der Waals surface area contributed by atoms with E-state index in [0.717, 1.165) is 58.4 Å². The zero-order valence-corrected chi connectivity index (χ0v) is 17.6. The van der Waals surface area contributed by atoms with Gasteiger partial charge in [0.15, 0.2) is 11.9 Å². The summed E-state index contributed by atoms with van der Waals surface area (Å²) in [6.45, 7) is 4.58. The lowest BCUT2D eigenvalue weighted by atomic mass is 10.0. The highest BCUT2D eigenvalue weighted by molar-refractivity contribution is 5.80. The Hall–Kier alpha value is -3.02. The minimum atomic E-state index is 0.396. The number of hydrogen-bond acceptors (Lipinski definition) is 4. The summed E-state index contributed by atoms with van der Waals surface area (Å²) in [5.41, 5.74) is 9.49. The van der Waals surface area contributed by atoms with Crippen molar-refractivity contribution in [2.24, 2.45) is 10.7 Å². The number of aliphatic imine (C=N–C) groups is 1. The van der Waals surface area contributed by atoms with Crippen LogP contribution in [0.25, 0.3) is 11.1 Å². The fourth-order valence-electron chi connectivity index (χ4n) is 4.21. The van der Waals surface area contributed by atoms with E-state index in [1.54, 1.807) is 0 Å². The van der Waals surface area contributed by atoms with Crippen molar-refractivity contribution < 1.29 is 0 Å². The van der Waals surface area contributed by atoms with Gasteiger partial charge in [0.1, 0.15) is 0 Å². The minimum Gasteiger partial charge on any atom is -0.370 e. The first-order chi connectivity index (χ1) is 14.7. The van der Waals surface area contributed by atoms with Crippen LogP contribution in [0.1, 0.15) is 24.8 Å². The van der Waals surface area contributed by atoms with Gasteiger partial charge in [0.2, 0.25) is 0 Å². The highest BCUT2D eigenvalue weighted by Crippen LogP contribution is 2.20. The molecule has 0 aromatic heterocycles. The van der Waals surface area contributed by atoms with Crippen molar-refractivity contribution in [3.8, 4) is 11.1 Å². The second kappa shape index (κ2) is 9.65. The molecule has 2 heterocycles. The molecule has 1 fully saturated rings. The quantitative estimate of drug-likeness (QED) is 0.562. The Morgan fingerprint density at radius 2 is 1.63 bits per heavy atom. The zero-order valence-electron chi connectivity index (χ0n) is 17.6. The Balaban J connectivity index is 1.17. The lowest BCUT2D eigenvalue weighted by molar-refractivity contribution is 0.426. The number of nitrogens with two attached hydrogens (primary N) is 1. The van der Waals surface area contributed by atoms with Gasteiger partial charge in [-0.3, -0.25) is 10.4 Å². The highest BCUT2D eigenvalue weighted by Gasteiger charge is 2.24. The van der Waals surface area contributed by atoms with Crippen molar-refractivity contribution in [2.75, 3.05) is 32.7 Å². The molecule has 0 unspecified atom stereocenters. The van der Waals surface area contributed by atoms with E-state index in [-0.39, 0.29) is 0 Å². The van der Waals surface area contributed by atoms with E-state index in [0.29, 0.717) is 18.0 Å². The average Bonchev–Trinajstić information content (AvgIpc) is 3.36. The van der Waals surface area contributed by atoms with Crippen molar-refractivity contribution in [1.82, 2.24) is 15.1 Å². The maximum atomic E-state index is 8.51. The van der Waals surface area contributed by atoms with E-state index in [1.807, 2.05) is 6.07 Å². The standard InChI is InChI=1S/C24H32N6/c25-23-27-18-22(28-23)8-4-5-14-29-16-17-30(24(29)26)15-13-19-9-11-21(12-10-19)20-6-2-1-3-7-20/h1-3,6-7,9-12,22,26H,4-5,8,13-18H2,(H3,25,27,28)/t22-/m0/s1. The Kier molecular flexibility index (Phi) is 6.52. The predicted octanol–water partition coefficient (Wildman–Crippen LogP) is 2.91. The third-order valence-electron chi connectivity index (χ3n) is 6.04. The lowest BCUT2D eigenvalue weighted by Crippen LogP contribution is -2.35. The Morgan fingerprint density at radius 3 is 2.33 bits per heavy atom. The predicted molar refractivity (Wildman–Crippen MR) is 124 cm³/mol. The van der Waals surface area contributed by atoms with Crippen LogP contribution in [0.2, 0.25) is 0 Å². The number of nitrogens with zero attached hydrogens (tertiary/aromatic N) is 3. The monoisotopic (exact) mass is 404 g/mol. The van der Waals surface area contributed by atoms with E-state index in [2.05, 4.69) is 68.6 Å². The maximum absolute atomic E-state index is 8.51. The molecule has 6 nitrogen and oxygen atoms in total. The summed E-state index contributed by atoms with van der Waals surface area (Å²) in [6.07, 6.45) is 4.31. The van der Waals surface area contributed by atoms with Gasteiger partial charge in [0, 0.05) is 32.2 Å². The van der Waals surface area contributed by atoms with Gasteiger partial charge in [-0.1, -0.05) is 54.6 Å². The van der Waals surface area contributed by atoms with Gasteiger partial charge in [-0.25, -0.2) is 0 Å². The number of benzene rings is 2. The lowest BCUT2D eigenvalue weighted by Gasteiger charge is -2.22. The molecular formula is C24H32N6. The molecule has 2 aromatic rings. The number of hydrogen-bond donors (Lipinski definition) is 3.